The maximum atomic E-state index is 5.32. The number of thiocarbonyl (C=S) groups is 1. The molecule has 1 aromatic carbocycles. The Kier molecular flexibility index (Phi) is 3.13. The smallest absolute Gasteiger partial charge is 0.127 e. The molecule has 1 aliphatic rings. The van der Waals surface area contributed by atoms with Crippen LogP contribution >= 0.6 is 28.1 Å². The number of rotatable bonds is 2. The Labute approximate surface area is 109 Å². The van der Waals surface area contributed by atoms with E-state index in [0.29, 0.717) is 0 Å². The van der Waals surface area contributed by atoms with Crippen LogP contribution in [-0.4, -0.2) is 16.4 Å². The largest absolute Gasteiger partial charge is 0.351 e. The molecule has 16 heavy (non-hydrogen) atoms. The molecule has 0 aliphatic carbocycles. The van der Waals surface area contributed by atoms with Gasteiger partial charge < -0.3 is 5.32 Å². The molecule has 0 saturated heterocycles. The third-order valence-corrected chi connectivity index (χ3v) is 3.59. The van der Waals surface area contributed by atoms with Gasteiger partial charge in [-0.1, -0.05) is 47.2 Å². The molecule has 0 fully saturated rings. The van der Waals surface area contributed by atoms with Gasteiger partial charge in [-0.15, -0.1) is 0 Å². The minimum absolute atomic E-state index is 0.237. The second-order valence-corrected chi connectivity index (χ2v) is 5.37. The molecule has 1 atom stereocenters. The quantitative estimate of drug-likeness (QED) is 0.847. The molecule has 0 spiro atoms. The van der Waals surface area contributed by atoms with Crippen LogP contribution < -0.4 is 5.32 Å². The van der Waals surface area contributed by atoms with Gasteiger partial charge in [0.15, 0.2) is 0 Å². The lowest BCUT2D eigenvalue weighted by Crippen LogP contribution is -2.38. The fraction of sp³-hybridized carbons (Fsp3) is 0.333. The summed E-state index contributed by atoms with van der Waals surface area (Å²) in [6.45, 7) is 4.16. The first-order valence-electron chi connectivity index (χ1n) is 5.22. The highest BCUT2D eigenvalue weighted by Crippen LogP contribution is 2.21. The van der Waals surface area contributed by atoms with Crippen LogP contribution in [0.4, 0.5) is 0 Å². The molecule has 2 rings (SSSR count). The number of hydrogen-bond donors (Lipinski definition) is 1. The van der Waals surface area contributed by atoms with Gasteiger partial charge in [0.25, 0.3) is 0 Å². The van der Waals surface area contributed by atoms with E-state index >= 15 is 0 Å². The Morgan fingerprint density at radius 3 is 2.50 bits per heavy atom. The SMILES string of the molecule is CC[C@@]1(C)N=C(c2ccc(Br)cc2)C(=S)N1. The summed E-state index contributed by atoms with van der Waals surface area (Å²) in [4.78, 5) is 5.41. The van der Waals surface area contributed by atoms with E-state index in [0.717, 1.165) is 27.2 Å². The lowest BCUT2D eigenvalue weighted by Gasteiger charge is -2.18. The van der Waals surface area contributed by atoms with Gasteiger partial charge in [-0.25, -0.2) is 0 Å². The molecule has 1 N–H and O–H groups in total. The molecule has 0 radical (unpaired) electrons. The topological polar surface area (TPSA) is 24.4 Å². The highest BCUT2D eigenvalue weighted by Gasteiger charge is 2.31. The van der Waals surface area contributed by atoms with Crippen molar-refractivity contribution in [2.24, 2.45) is 4.99 Å². The normalized spacial score (nSPS) is 24.2. The zero-order valence-electron chi connectivity index (χ0n) is 9.25. The van der Waals surface area contributed by atoms with Crippen molar-refractivity contribution < 1.29 is 0 Å². The maximum absolute atomic E-state index is 5.32. The second kappa shape index (κ2) is 4.26. The number of nitrogens with zero attached hydrogens (tertiary/aromatic N) is 1. The average molecular weight is 297 g/mol. The van der Waals surface area contributed by atoms with Gasteiger partial charge in [0.1, 0.15) is 16.4 Å². The van der Waals surface area contributed by atoms with Gasteiger partial charge in [-0.2, -0.15) is 0 Å². The highest BCUT2D eigenvalue weighted by molar-refractivity contribution is 9.10. The average Bonchev–Trinajstić information content (AvgIpc) is 2.57. The molecule has 1 heterocycles. The fourth-order valence-electron chi connectivity index (χ4n) is 1.60. The van der Waals surface area contributed by atoms with Crippen LogP contribution in [0.1, 0.15) is 25.8 Å². The van der Waals surface area contributed by atoms with Crippen LogP contribution in [-0.2, 0) is 0 Å². The Morgan fingerprint density at radius 1 is 1.38 bits per heavy atom. The van der Waals surface area contributed by atoms with Crippen LogP contribution in [0.3, 0.4) is 0 Å². The first-order chi connectivity index (χ1) is 7.54. The lowest BCUT2D eigenvalue weighted by atomic mass is 10.1. The van der Waals surface area contributed by atoms with Gasteiger partial charge in [-0.3, -0.25) is 4.99 Å². The van der Waals surface area contributed by atoms with Crippen LogP contribution in [0.15, 0.2) is 33.7 Å². The minimum atomic E-state index is -0.237. The number of halogens is 1. The van der Waals surface area contributed by atoms with Gasteiger partial charge in [0.2, 0.25) is 0 Å². The van der Waals surface area contributed by atoms with Crippen molar-refractivity contribution in [2.75, 3.05) is 0 Å². The van der Waals surface area contributed by atoms with Crippen molar-refractivity contribution in [3.8, 4) is 0 Å². The molecule has 84 valence electrons. The summed E-state index contributed by atoms with van der Waals surface area (Å²) < 4.78 is 1.06. The second-order valence-electron chi connectivity index (χ2n) is 4.05. The predicted octanol–water partition coefficient (Wildman–Crippen LogP) is 3.30. The molecule has 1 aromatic rings. The van der Waals surface area contributed by atoms with E-state index in [1.807, 2.05) is 24.3 Å². The zero-order valence-corrected chi connectivity index (χ0v) is 11.7. The summed E-state index contributed by atoms with van der Waals surface area (Å²) in [6.07, 6.45) is 0.924. The Hall–Kier alpha value is -0.740. The number of benzene rings is 1. The van der Waals surface area contributed by atoms with E-state index in [1.54, 1.807) is 0 Å². The molecule has 1 aliphatic heterocycles. The molecule has 0 amide bonds. The first-order valence-corrected chi connectivity index (χ1v) is 6.42. The Balaban J connectivity index is 2.38. The van der Waals surface area contributed by atoms with E-state index in [-0.39, 0.29) is 5.66 Å². The lowest BCUT2D eigenvalue weighted by molar-refractivity contribution is 0.440. The van der Waals surface area contributed by atoms with Crippen LogP contribution in [0.25, 0.3) is 0 Å². The molecule has 4 heteroatoms. The van der Waals surface area contributed by atoms with Crippen LogP contribution in [0, 0.1) is 0 Å². The first kappa shape index (κ1) is 11.7. The van der Waals surface area contributed by atoms with E-state index in [9.17, 15) is 0 Å². The molecule has 0 bridgehead atoms. The number of hydrogen-bond acceptors (Lipinski definition) is 2. The molecule has 2 nitrogen and oxygen atoms in total. The minimum Gasteiger partial charge on any atom is -0.351 e. The van der Waals surface area contributed by atoms with E-state index in [2.05, 4.69) is 40.1 Å². The molecular formula is C12H13BrN2S. The van der Waals surface area contributed by atoms with Crippen molar-refractivity contribution in [1.29, 1.82) is 0 Å². The summed E-state index contributed by atoms with van der Waals surface area (Å²) in [7, 11) is 0. The van der Waals surface area contributed by atoms with E-state index in [1.165, 1.54) is 0 Å². The molecule has 0 saturated carbocycles. The standard InChI is InChI=1S/C12H13BrN2S/c1-3-12(2)14-10(11(16)15-12)8-4-6-9(13)7-5-8/h4-7H,3H2,1-2H3,(H,15,16)/t12-/m0/s1. The number of nitrogens with one attached hydrogen (secondary N) is 1. The van der Waals surface area contributed by atoms with E-state index < -0.39 is 0 Å². The molecule has 0 unspecified atom stereocenters. The zero-order chi connectivity index (χ0) is 11.8. The third kappa shape index (κ3) is 2.18. The predicted molar refractivity (Wildman–Crippen MR) is 75.1 cm³/mol. The van der Waals surface area contributed by atoms with Crippen molar-refractivity contribution in [1.82, 2.24) is 5.32 Å². The number of aliphatic imine (C=N–C) groups is 1. The fourth-order valence-corrected chi connectivity index (χ4v) is 2.25. The highest BCUT2D eigenvalue weighted by atomic mass is 79.9. The molecule has 0 aromatic heterocycles. The monoisotopic (exact) mass is 296 g/mol. The maximum Gasteiger partial charge on any atom is 0.127 e. The summed E-state index contributed by atoms with van der Waals surface area (Å²) in [5.41, 5.74) is 1.73. The van der Waals surface area contributed by atoms with Crippen LogP contribution in [0.2, 0.25) is 0 Å². The third-order valence-electron chi connectivity index (χ3n) is 2.76. The van der Waals surface area contributed by atoms with Crippen LogP contribution in [0.5, 0.6) is 0 Å². The van der Waals surface area contributed by atoms with Crippen molar-refractivity contribution >= 4 is 38.8 Å². The van der Waals surface area contributed by atoms with Gasteiger partial charge >= 0.3 is 0 Å². The van der Waals surface area contributed by atoms with Crippen molar-refractivity contribution in [2.45, 2.75) is 25.9 Å². The van der Waals surface area contributed by atoms with Crippen molar-refractivity contribution in [3.05, 3.63) is 34.3 Å². The van der Waals surface area contributed by atoms with Gasteiger partial charge in [0.05, 0.1) is 0 Å². The summed E-state index contributed by atoms with van der Waals surface area (Å²) >= 11 is 8.73. The molecular weight excluding hydrogens is 284 g/mol. The summed E-state index contributed by atoms with van der Waals surface area (Å²) in [6, 6.07) is 8.06. The van der Waals surface area contributed by atoms with Gasteiger partial charge in [0, 0.05) is 10.0 Å². The summed E-state index contributed by atoms with van der Waals surface area (Å²) in [5, 5.41) is 3.26. The van der Waals surface area contributed by atoms with E-state index in [4.69, 9.17) is 12.2 Å². The Bertz CT molecular complexity index is 453. The Morgan fingerprint density at radius 2 is 2.00 bits per heavy atom. The van der Waals surface area contributed by atoms with Crippen molar-refractivity contribution in [3.63, 3.8) is 0 Å². The van der Waals surface area contributed by atoms with Gasteiger partial charge in [-0.05, 0) is 25.5 Å². The summed E-state index contributed by atoms with van der Waals surface area (Å²) in [5.74, 6) is 0.